The van der Waals surface area contributed by atoms with Crippen LogP contribution in [0.4, 0.5) is 0 Å². The third kappa shape index (κ3) is 4.96. The van der Waals surface area contributed by atoms with Crippen LogP contribution in [-0.2, 0) is 13.6 Å². The predicted octanol–water partition coefficient (Wildman–Crippen LogP) is 3.04. The second-order valence-electron chi connectivity index (χ2n) is 4.87. The Hall–Kier alpha value is -0.870. The summed E-state index contributed by atoms with van der Waals surface area (Å²) in [6.45, 7) is 5.94. The van der Waals surface area contributed by atoms with E-state index in [0.29, 0.717) is 22.6 Å². The standard InChI is InChI=1S/C13H22Cl2N4/c1-9(2)5-6-17-13(16-3)18-8-10-7-11(14)12(15)19(10)4/h7,9H,5-6,8H2,1-4H3,(H2,16,17,18). The highest BCUT2D eigenvalue weighted by Crippen LogP contribution is 2.24. The minimum Gasteiger partial charge on any atom is -0.356 e. The molecule has 0 aromatic carbocycles. The van der Waals surface area contributed by atoms with Crippen molar-refractivity contribution in [2.75, 3.05) is 13.6 Å². The molecule has 1 heterocycles. The maximum Gasteiger partial charge on any atom is 0.191 e. The van der Waals surface area contributed by atoms with Crippen LogP contribution in [0.2, 0.25) is 10.2 Å². The van der Waals surface area contributed by atoms with E-state index in [1.54, 1.807) is 7.05 Å². The second kappa shape index (κ2) is 7.65. The molecule has 2 N–H and O–H groups in total. The van der Waals surface area contributed by atoms with Gasteiger partial charge in [0.1, 0.15) is 5.15 Å². The van der Waals surface area contributed by atoms with Crippen LogP contribution >= 0.6 is 23.2 Å². The molecule has 0 spiro atoms. The summed E-state index contributed by atoms with van der Waals surface area (Å²) in [5.41, 5.74) is 1.02. The van der Waals surface area contributed by atoms with Crippen LogP contribution in [0.1, 0.15) is 26.0 Å². The van der Waals surface area contributed by atoms with E-state index in [2.05, 4.69) is 29.5 Å². The van der Waals surface area contributed by atoms with Crippen LogP contribution in [0.5, 0.6) is 0 Å². The lowest BCUT2D eigenvalue weighted by molar-refractivity contribution is 0.573. The number of aliphatic imine (C=N–C) groups is 1. The summed E-state index contributed by atoms with van der Waals surface area (Å²) in [4.78, 5) is 4.18. The van der Waals surface area contributed by atoms with E-state index in [1.165, 1.54) is 0 Å². The number of rotatable bonds is 5. The molecule has 0 saturated heterocycles. The number of hydrogen-bond donors (Lipinski definition) is 2. The molecule has 0 amide bonds. The number of aromatic nitrogens is 1. The molecule has 0 atom stereocenters. The van der Waals surface area contributed by atoms with Gasteiger partial charge in [0.25, 0.3) is 0 Å². The Kier molecular flexibility index (Phi) is 6.52. The third-order valence-electron chi connectivity index (χ3n) is 2.89. The Labute approximate surface area is 125 Å². The van der Waals surface area contributed by atoms with Crippen LogP contribution in [0.25, 0.3) is 0 Å². The molecule has 0 fully saturated rings. The van der Waals surface area contributed by atoms with Crippen molar-refractivity contribution in [3.8, 4) is 0 Å². The van der Waals surface area contributed by atoms with Gasteiger partial charge in [0.15, 0.2) is 5.96 Å². The third-order valence-corrected chi connectivity index (χ3v) is 3.73. The fourth-order valence-corrected chi connectivity index (χ4v) is 2.05. The van der Waals surface area contributed by atoms with Crippen molar-refractivity contribution in [3.63, 3.8) is 0 Å². The lowest BCUT2D eigenvalue weighted by Gasteiger charge is -2.13. The Morgan fingerprint density at radius 3 is 2.53 bits per heavy atom. The number of halogens is 2. The van der Waals surface area contributed by atoms with Gasteiger partial charge in [-0.15, -0.1) is 0 Å². The van der Waals surface area contributed by atoms with Gasteiger partial charge in [-0.1, -0.05) is 37.0 Å². The van der Waals surface area contributed by atoms with Crippen molar-refractivity contribution < 1.29 is 0 Å². The van der Waals surface area contributed by atoms with Crippen molar-refractivity contribution >= 4 is 29.2 Å². The smallest absolute Gasteiger partial charge is 0.191 e. The van der Waals surface area contributed by atoms with Crippen molar-refractivity contribution in [2.24, 2.45) is 18.0 Å². The fraction of sp³-hybridized carbons (Fsp3) is 0.615. The minimum atomic E-state index is 0.557. The van der Waals surface area contributed by atoms with Gasteiger partial charge in [-0.05, 0) is 18.4 Å². The normalized spacial score (nSPS) is 12.1. The zero-order valence-electron chi connectivity index (χ0n) is 11.9. The second-order valence-corrected chi connectivity index (χ2v) is 5.63. The Bertz CT molecular complexity index is 438. The van der Waals surface area contributed by atoms with Crippen LogP contribution < -0.4 is 10.6 Å². The van der Waals surface area contributed by atoms with Gasteiger partial charge in [-0.2, -0.15) is 0 Å². The van der Waals surface area contributed by atoms with Gasteiger partial charge >= 0.3 is 0 Å². The summed E-state index contributed by atoms with van der Waals surface area (Å²) >= 11 is 12.0. The summed E-state index contributed by atoms with van der Waals surface area (Å²) in [6, 6.07) is 1.86. The average molecular weight is 305 g/mol. The first kappa shape index (κ1) is 16.2. The predicted molar refractivity (Wildman–Crippen MR) is 83.1 cm³/mol. The highest BCUT2D eigenvalue weighted by Gasteiger charge is 2.09. The molecule has 1 aromatic heterocycles. The molecule has 0 saturated carbocycles. The number of nitrogens with zero attached hydrogens (tertiary/aromatic N) is 2. The van der Waals surface area contributed by atoms with Gasteiger partial charge in [0.2, 0.25) is 0 Å². The van der Waals surface area contributed by atoms with E-state index in [0.717, 1.165) is 24.6 Å². The van der Waals surface area contributed by atoms with Crippen molar-refractivity contribution in [1.82, 2.24) is 15.2 Å². The largest absolute Gasteiger partial charge is 0.356 e. The average Bonchev–Trinajstić information content (AvgIpc) is 2.60. The molecular weight excluding hydrogens is 283 g/mol. The molecule has 19 heavy (non-hydrogen) atoms. The summed E-state index contributed by atoms with van der Waals surface area (Å²) in [6.07, 6.45) is 1.11. The molecule has 1 rings (SSSR count). The van der Waals surface area contributed by atoms with Crippen LogP contribution in [0.15, 0.2) is 11.1 Å². The topological polar surface area (TPSA) is 41.4 Å². The first-order chi connectivity index (χ1) is 8.95. The Morgan fingerprint density at radius 2 is 2.05 bits per heavy atom. The van der Waals surface area contributed by atoms with E-state index in [4.69, 9.17) is 23.2 Å². The highest BCUT2D eigenvalue weighted by atomic mass is 35.5. The van der Waals surface area contributed by atoms with Crippen LogP contribution in [0, 0.1) is 5.92 Å². The molecule has 0 unspecified atom stereocenters. The summed E-state index contributed by atoms with van der Waals surface area (Å²) in [5.74, 6) is 1.46. The van der Waals surface area contributed by atoms with E-state index >= 15 is 0 Å². The van der Waals surface area contributed by atoms with E-state index in [9.17, 15) is 0 Å². The van der Waals surface area contributed by atoms with Gasteiger partial charge in [0, 0.05) is 26.3 Å². The zero-order chi connectivity index (χ0) is 14.4. The SMILES string of the molecule is CN=C(NCCC(C)C)NCc1cc(Cl)c(Cl)n1C. The molecule has 0 aliphatic rings. The first-order valence-electron chi connectivity index (χ1n) is 6.39. The minimum absolute atomic E-state index is 0.557. The molecule has 4 nitrogen and oxygen atoms in total. The van der Waals surface area contributed by atoms with E-state index < -0.39 is 0 Å². The lowest BCUT2D eigenvalue weighted by atomic mass is 10.1. The molecule has 0 radical (unpaired) electrons. The van der Waals surface area contributed by atoms with Gasteiger partial charge in [0.05, 0.1) is 11.6 Å². The van der Waals surface area contributed by atoms with E-state index in [1.807, 2.05) is 17.7 Å². The fourth-order valence-electron chi connectivity index (χ4n) is 1.63. The van der Waals surface area contributed by atoms with Crippen molar-refractivity contribution in [1.29, 1.82) is 0 Å². The number of guanidine groups is 1. The Morgan fingerprint density at radius 1 is 1.37 bits per heavy atom. The molecule has 6 heteroatoms. The molecule has 0 aliphatic carbocycles. The monoisotopic (exact) mass is 304 g/mol. The molecule has 1 aromatic rings. The molecule has 108 valence electrons. The van der Waals surface area contributed by atoms with Crippen molar-refractivity contribution in [3.05, 3.63) is 21.9 Å². The zero-order valence-corrected chi connectivity index (χ0v) is 13.4. The van der Waals surface area contributed by atoms with Crippen LogP contribution in [-0.4, -0.2) is 24.1 Å². The lowest BCUT2D eigenvalue weighted by Crippen LogP contribution is -2.37. The Balaban J connectivity index is 2.47. The van der Waals surface area contributed by atoms with Crippen molar-refractivity contribution in [2.45, 2.75) is 26.8 Å². The maximum atomic E-state index is 6.02. The number of hydrogen-bond acceptors (Lipinski definition) is 1. The van der Waals surface area contributed by atoms with Gasteiger partial charge in [-0.25, -0.2) is 0 Å². The highest BCUT2D eigenvalue weighted by molar-refractivity contribution is 6.41. The van der Waals surface area contributed by atoms with Crippen LogP contribution in [0.3, 0.4) is 0 Å². The summed E-state index contributed by atoms with van der Waals surface area (Å²) in [7, 11) is 3.65. The first-order valence-corrected chi connectivity index (χ1v) is 7.15. The molecule has 0 aliphatic heterocycles. The molecule has 0 bridgehead atoms. The summed E-state index contributed by atoms with van der Waals surface area (Å²) in [5, 5.41) is 7.65. The summed E-state index contributed by atoms with van der Waals surface area (Å²) < 4.78 is 1.86. The van der Waals surface area contributed by atoms with E-state index in [-0.39, 0.29) is 0 Å². The molecular formula is C13H22Cl2N4. The quantitative estimate of drug-likeness (QED) is 0.648. The van der Waals surface area contributed by atoms with Gasteiger partial charge in [-0.3, -0.25) is 4.99 Å². The van der Waals surface area contributed by atoms with Gasteiger partial charge < -0.3 is 15.2 Å². The number of nitrogens with one attached hydrogen (secondary N) is 2. The maximum absolute atomic E-state index is 6.02.